The summed E-state index contributed by atoms with van der Waals surface area (Å²) in [4.78, 5) is 4.62. The van der Waals surface area contributed by atoms with Crippen LogP contribution in [0.15, 0.2) is 41.0 Å². The first-order valence-corrected chi connectivity index (χ1v) is 6.30. The van der Waals surface area contributed by atoms with E-state index in [-0.39, 0.29) is 0 Å². The van der Waals surface area contributed by atoms with Crippen molar-refractivity contribution in [1.82, 2.24) is 9.55 Å². The van der Waals surface area contributed by atoms with E-state index in [0.29, 0.717) is 0 Å². The molecule has 0 saturated heterocycles. The predicted molar refractivity (Wildman–Crippen MR) is 72.5 cm³/mol. The van der Waals surface area contributed by atoms with Gasteiger partial charge in [-0.3, -0.25) is 0 Å². The normalized spacial score (nSPS) is 11.2. The number of rotatable bonds is 3. The van der Waals surface area contributed by atoms with Crippen molar-refractivity contribution in [3.8, 4) is 11.3 Å². The number of fused-ring (bicyclic) bond motifs is 1. The first-order chi connectivity index (χ1) is 8.79. The average molecular weight is 240 g/mol. The van der Waals surface area contributed by atoms with Crippen LogP contribution in [0.3, 0.4) is 0 Å². The van der Waals surface area contributed by atoms with Crippen molar-refractivity contribution in [2.45, 2.75) is 26.8 Å². The van der Waals surface area contributed by atoms with Gasteiger partial charge in [-0.2, -0.15) is 0 Å². The Hall–Kier alpha value is -2.03. The summed E-state index contributed by atoms with van der Waals surface area (Å²) >= 11 is 0. The summed E-state index contributed by atoms with van der Waals surface area (Å²) in [6.45, 7) is 5.26. The first-order valence-electron chi connectivity index (χ1n) is 6.30. The second-order valence-electron chi connectivity index (χ2n) is 4.49. The van der Waals surface area contributed by atoms with Gasteiger partial charge < -0.3 is 8.98 Å². The van der Waals surface area contributed by atoms with Gasteiger partial charge in [0.05, 0.1) is 17.3 Å². The maximum atomic E-state index is 5.42. The number of aryl methyl sites for hydroxylation is 2. The van der Waals surface area contributed by atoms with Gasteiger partial charge in [0.1, 0.15) is 11.6 Å². The molecule has 0 bridgehead atoms. The maximum absolute atomic E-state index is 5.42. The lowest BCUT2D eigenvalue weighted by atomic mass is 10.1. The summed E-state index contributed by atoms with van der Waals surface area (Å²) in [6.07, 6.45) is 2.81. The van der Waals surface area contributed by atoms with E-state index in [1.165, 1.54) is 5.52 Å². The summed E-state index contributed by atoms with van der Waals surface area (Å²) in [5, 5.41) is 0. The fourth-order valence-electron chi connectivity index (χ4n) is 2.35. The van der Waals surface area contributed by atoms with Crippen LogP contribution in [0.5, 0.6) is 0 Å². The van der Waals surface area contributed by atoms with E-state index < -0.39 is 0 Å². The zero-order chi connectivity index (χ0) is 12.5. The summed E-state index contributed by atoms with van der Waals surface area (Å²) in [5.74, 6) is 1.96. The van der Waals surface area contributed by atoms with E-state index in [4.69, 9.17) is 4.42 Å². The molecule has 2 heterocycles. The fraction of sp³-hybridized carbons (Fsp3) is 0.267. The maximum Gasteiger partial charge on any atom is 0.133 e. The van der Waals surface area contributed by atoms with Crippen molar-refractivity contribution in [3.05, 3.63) is 42.4 Å². The van der Waals surface area contributed by atoms with Gasteiger partial charge in [-0.05, 0) is 43.7 Å². The molecule has 0 radical (unpaired) electrons. The standard InChI is InChI=1S/C15H16N2O/c1-3-8-17-11(2)16-13-10-12(6-7-14(13)17)15-5-4-9-18-15/h4-7,9-10H,3,8H2,1-2H3. The third kappa shape index (κ3) is 1.72. The van der Waals surface area contributed by atoms with E-state index in [1.807, 2.05) is 12.1 Å². The number of furan rings is 1. The SMILES string of the molecule is CCCn1c(C)nc2cc(-c3ccco3)ccc21. The number of hydrogen-bond donors (Lipinski definition) is 0. The molecule has 3 heteroatoms. The highest BCUT2D eigenvalue weighted by molar-refractivity contribution is 5.81. The molecule has 0 fully saturated rings. The summed E-state index contributed by atoms with van der Waals surface area (Å²) in [5.41, 5.74) is 3.31. The molecule has 3 nitrogen and oxygen atoms in total. The molecule has 0 saturated carbocycles. The summed E-state index contributed by atoms with van der Waals surface area (Å²) < 4.78 is 7.68. The van der Waals surface area contributed by atoms with Crippen molar-refractivity contribution in [1.29, 1.82) is 0 Å². The minimum Gasteiger partial charge on any atom is -0.464 e. The van der Waals surface area contributed by atoms with Gasteiger partial charge in [-0.25, -0.2) is 4.98 Å². The van der Waals surface area contributed by atoms with Gasteiger partial charge in [0.25, 0.3) is 0 Å². The third-order valence-electron chi connectivity index (χ3n) is 3.19. The quantitative estimate of drug-likeness (QED) is 0.692. The Bertz CT molecular complexity index is 665. The van der Waals surface area contributed by atoms with E-state index in [1.54, 1.807) is 6.26 Å². The van der Waals surface area contributed by atoms with Gasteiger partial charge in [0.15, 0.2) is 0 Å². The monoisotopic (exact) mass is 240 g/mol. The van der Waals surface area contributed by atoms with Crippen molar-refractivity contribution in [2.24, 2.45) is 0 Å². The van der Waals surface area contributed by atoms with E-state index in [9.17, 15) is 0 Å². The smallest absolute Gasteiger partial charge is 0.133 e. The molecule has 0 unspecified atom stereocenters. The Labute approximate surface area is 106 Å². The summed E-state index contributed by atoms with van der Waals surface area (Å²) in [6, 6.07) is 10.2. The number of benzene rings is 1. The molecule has 0 amide bonds. The number of hydrogen-bond acceptors (Lipinski definition) is 2. The average Bonchev–Trinajstić information content (AvgIpc) is 2.98. The molecule has 0 spiro atoms. The molecule has 3 rings (SSSR count). The minimum absolute atomic E-state index is 0.889. The van der Waals surface area contributed by atoms with E-state index >= 15 is 0 Å². The van der Waals surface area contributed by atoms with Gasteiger partial charge in [-0.1, -0.05) is 6.92 Å². The van der Waals surface area contributed by atoms with Crippen LogP contribution in [0.25, 0.3) is 22.4 Å². The van der Waals surface area contributed by atoms with Crippen LogP contribution in [-0.2, 0) is 6.54 Å². The molecule has 18 heavy (non-hydrogen) atoms. The van der Waals surface area contributed by atoms with Crippen molar-refractivity contribution in [2.75, 3.05) is 0 Å². The number of aromatic nitrogens is 2. The number of nitrogens with zero attached hydrogens (tertiary/aromatic N) is 2. The van der Waals surface area contributed by atoms with Gasteiger partial charge in [0.2, 0.25) is 0 Å². The van der Waals surface area contributed by atoms with Crippen LogP contribution in [0.2, 0.25) is 0 Å². The lowest BCUT2D eigenvalue weighted by Crippen LogP contribution is -1.98. The Morgan fingerprint density at radius 2 is 2.17 bits per heavy atom. The van der Waals surface area contributed by atoms with E-state index in [0.717, 1.165) is 35.6 Å². The molecule has 1 aromatic carbocycles. The Morgan fingerprint density at radius 1 is 1.28 bits per heavy atom. The molecule has 0 N–H and O–H groups in total. The van der Waals surface area contributed by atoms with Crippen molar-refractivity contribution in [3.63, 3.8) is 0 Å². The second-order valence-corrected chi connectivity index (χ2v) is 4.49. The van der Waals surface area contributed by atoms with Crippen LogP contribution >= 0.6 is 0 Å². The molecule has 2 aromatic heterocycles. The fourth-order valence-corrected chi connectivity index (χ4v) is 2.35. The molecule has 0 aliphatic rings. The number of imidazole rings is 1. The van der Waals surface area contributed by atoms with Crippen molar-refractivity contribution >= 4 is 11.0 Å². The highest BCUT2D eigenvalue weighted by atomic mass is 16.3. The lowest BCUT2D eigenvalue weighted by molar-refractivity contribution is 0.582. The molecular formula is C15H16N2O. The molecular weight excluding hydrogens is 224 g/mol. The zero-order valence-electron chi connectivity index (χ0n) is 10.7. The third-order valence-corrected chi connectivity index (χ3v) is 3.19. The molecule has 0 aliphatic heterocycles. The van der Waals surface area contributed by atoms with Crippen molar-refractivity contribution < 1.29 is 4.42 Å². The summed E-state index contributed by atoms with van der Waals surface area (Å²) in [7, 11) is 0. The highest BCUT2D eigenvalue weighted by Crippen LogP contribution is 2.25. The lowest BCUT2D eigenvalue weighted by Gasteiger charge is -2.04. The topological polar surface area (TPSA) is 31.0 Å². The van der Waals surface area contributed by atoms with Gasteiger partial charge in [-0.15, -0.1) is 0 Å². The molecule has 0 aliphatic carbocycles. The second kappa shape index (κ2) is 4.33. The zero-order valence-corrected chi connectivity index (χ0v) is 10.7. The van der Waals surface area contributed by atoms with E-state index in [2.05, 4.69) is 41.6 Å². The van der Waals surface area contributed by atoms with Crippen LogP contribution in [0, 0.1) is 6.92 Å². The van der Waals surface area contributed by atoms with Crippen LogP contribution in [0.4, 0.5) is 0 Å². The Kier molecular flexibility index (Phi) is 2.67. The molecule has 92 valence electrons. The predicted octanol–water partition coefficient (Wildman–Crippen LogP) is 4.01. The Balaban J connectivity index is 2.14. The van der Waals surface area contributed by atoms with Gasteiger partial charge in [0, 0.05) is 12.1 Å². The minimum atomic E-state index is 0.889. The van der Waals surface area contributed by atoms with Crippen LogP contribution in [-0.4, -0.2) is 9.55 Å². The first kappa shape index (κ1) is 11.1. The molecule has 3 aromatic rings. The van der Waals surface area contributed by atoms with Gasteiger partial charge >= 0.3 is 0 Å². The van der Waals surface area contributed by atoms with Crippen LogP contribution < -0.4 is 0 Å². The molecule has 0 atom stereocenters. The van der Waals surface area contributed by atoms with Crippen LogP contribution in [0.1, 0.15) is 19.2 Å². The highest BCUT2D eigenvalue weighted by Gasteiger charge is 2.08. The Morgan fingerprint density at radius 3 is 2.89 bits per heavy atom. The largest absolute Gasteiger partial charge is 0.464 e.